The zero-order valence-electron chi connectivity index (χ0n) is 7.16. The summed E-state index contributed by atoms with van der Waals surface area (Å²) in [5, 5.41) is 4.18. The van der Waals surface area contributed by atoms with Crippen molar-refractivity contribution in [3.63, 3.8) is 0 Å². The Morgan fingerprint density at radius 1 is 1.83 bits per heavy atom. The fraction of sp³-hybridized carbons (Fsp3) is 0.625. The Hall–Kier alpha value is -0.870. The lowest BCUT2D eigenvalue weighted by molar-refractivity contribution is 0.0473. The number of aryl methyl sites for hydroxylation is 1. The predicted molar refractivity (Wildman–Crippen MR) is 44.7 cm³/mol. The van der Waals surface area contributed by atoms with E-state index in [1.807, 2.05) is 17.9 Å². The highest BCUT2D eigenvalue weighted by Crippen LogP contribution is 2.24. The van der Waals surface area contributed by atoms with E-state index in [-0.39, 0.29) is 6.10 Å². The summed E-state index contributed by atoms with van der Waals surface area (Å²) in [6.07, 6.45) is 2.86. The van der Waals surface area contributed by atoms with E-state index in [4.69, 9.17) is 10.5 Å². The van der Waals surface area contributed by atoms with Crippen molar-refractivity contribution in [3.8, 4) is 0 Å². The largest absolute Gasteiger partial charge is 0.372 e. The lowest BCUT2D eigenvalue weighted by Gasteiger charge is -2.21. The van der Waals surface area contributed by atoms with Crippen LogP contribution in [0.1, 0.15) is 17.4 Å². The van der Waals surface area contributed by atoms with Gasteiger partial charge in [0.05, 0.1) is 18.9 Å². The molecule has 0 bridgehead atoms. The van der Waals surface area contributed by atoms with E-state index in [1.165, 1.54) is 5.69 Å². The van der Waals surface area contributed by atoms with E-state index in [0.717, 1.165) is 18.6 Å². The molecule has 0 aromatic carbocycles. The van der Waals surface area contributed by atoms with E-state index >= 15 is 0 Å². The van der Waals surface area contributed by atoms with Crippen LogP contribution in [0.2, 0.25) is 0 Å². The number of hydrogen-bond acceptors (Lipinski definition) is 3. The summed E-state index contributed by atoms with van der Waals surface area (Å²) in [6.45, 7) is 1.30. The van der Waals surface area contributed by atoms with E-state index in [1.54, 1.807) is 0 Å². The van der Waals surface area contributed by atoms with E-state index < -0.39 is 0 Å². The fourth-order valence-electron chi connectivity index (χ4n) is 1.64. The van der Waals surface area contributed by atoms with Crippen molar-refractivity contribution in [2.45, 2.75) is 12.5 Å². The van der Waals surface area contributed by atoms with Crippen LogP contribution >= 0.6 is 0 Å². The molecule has 0 saturated carbocycles. The van der Waals surface area contributed by atoms with Crippen LogP contribution < -0.4 is 5.73 Å². The summed E-state index contributed by atoms with van der Waals surface area (Å²) in [6, 6.07) is 0. The molecule has 0 fully saturated rings. The van der Waals surface area contributed by atoms with Crippen molar-refractivity contribution >= 4 is 0 Å². The van der Waals surface area contributed by atoms with Gasteiger partial charge in [0.25, 0.3) is 0 Å². The van der Waals surface area contributed by atoms with Crippen LogP contribution in [0.15, 0.2) is 6.20 Å². The van der Waals surface area contributed by atoms with Gasteiger partial charge in [-0.05, 0) is 0 Å². The third-order valence-electron chi connectivity index (χ3n) is 2.31. The van der Waals surface area contributed by atoms with Crippen LogP contribution in [0.3, 0.4) is 0 Å². The van der Waals surface area contributed by atoms with Crippen LogP contribution in [0, 0.1) is 0 Å². The Labute approximate surface area is 71.3 Å². The molecule has 2 N–H and O–H groups in total. The molecule has 0 aliphatic carbocycles. The molecule has 0 radical (unpaired) electrons. The lowest BCUT2D eigenvalue weighted by atomic mass is 10.1. The van der Waals surface area contributed by atoms with Gasteiger partial charge >= 0.3 is 0 Å². The fourth-order valence-corrected chi connectivity index (χ4v) is 1.64. The molecular weight excluding hydrogens is 154 g/mol. The minimum atomic E-state index is 0.0578. The molecule has 1 aromatic heterocycles. The summed E-state index contributed by atoms with van der Waals surface area (Å²) in [7, 11) is 1.96. The molecule has 1 unspecified atom stereocenters. The summed E-state index contributed by atoms with van der Waals surface area (Å²) >= 11 is 0. The van der Waals surface area contributed by atoms with Crippen LogP contribution in [-0.2, 0) is 18.2 Å². The molecule has 0 spiro atoms. The quantitative estimate of drug-likeness (QED) is 0.640. The highest BCUT2D eigenvalue weighted by atomic mass is 16.5. The maximum atomic E-state index is 5.57. The smallest absolute Gasteiger partial charge is 0.0980 e. The summed E-state index contributed by atoms with van der Waals surface area (Å²) < 4.78 is 7.39. The Morgan fingerprint density at radius 3 is 3.42 bits per heavy atom. The summed E-state index contributed by atoms with van der Waals surface area (Å²) in [4.78, 5) is 0. The van der Waals surface area contributed by atoms with Crippen molar-refractivity contribution in [2.24, 2.45) is 12.8 Å². The third-order valence-corrected chi connectivity index (χ3v) is 2.31. The number of ether oxygens (including phenoxy) is 1. The van der Waals surface area contributed by atoms with Gasteiger partial charge in [-0.3, -0.25) is 4.68 Å². The maximum absolute atomic E-state index is 5.57. The summed E-state index contributed by atoms with van der Waals surface area (Å²) in [5.74, 6) is 0. The zero-order valence-corrected chi connectivity index (χ0v) is 7.16. The average Bonchev–Trinajstić information content (AvgIpc) is 2.48. The zero-order chi connectivity index (χ0) is 8.55. The third kappa shape index (κ3) is 1.04. The Morgan fingerprint density at radius 2 is 2.67 bits per heavy atom. The SMILES string of the molecule is Cn1ncc2c1CCOC2CN. The Balaban J connectivity index is 2.38. The van der Waals surface area contributed by atoms with E-state index in [0.29, 0.717) is 6.54 Å². The van der Waals surface area contributed by atoms with Gasteiger partial charge in [0.15, 0.2) is 0 Å². The molecular formula is C8H13N3O. The number of nitrogens with zero attached hydrogens (tertiary/aromatic N) is 2. The van der Waals surface area contributed by atoms with Gasteiger partial charge < -0.3 is 10.5 Å². The van der Waals surface area contributed by atoms with Crippen molar-refractivity contribution in [1.29, 1.82) is 0 Å². The van der Waals surface area contributed by atoms with Gasteiger partial charge in [0, 0.05) is 31.3 Å². The second kappa shape index (κ2) is 2.88. The molecule has 12 heavy (non-hydrogen) atoms. The van der Waals surface area contributed by atoms with Crippen LogP contribution in [0.4, 0.5) is 0 Å². The molecule has 1 aliphatic heterocycles. The van der Waals surface area contributed by atoms with Crippen molar-refractivity contribution < 1.29 is 4.74 Å². The number of nitrogens with two attached hydrogens (primary N) is 1. The predicted octanol–water partition coefficient (Wildman–Crippen LogP) is -0.00740. The van der Waals surface area contributed by atoms with Crippen molar-refractivity contribution in [1.82, 2.24) is 9.78 Å². The van der Waals surface area contributed by atoms with Gasteiger partial charge in [-0.15, -0.1) is 0 Å². The van der Waals surface area contributed by atoms with Gasteiger partial charge in [0.1, 0.15) is 0 Å². The van der Waals surface area contributed by atoms with Gasteiger partial charge in [-0.2, -0.15) is 5.10 Å². The van der Waals surface area contributed by atoms with Crippen LogP contribution in [0.5, 0.6) is 0 Å². The minimum Gasteiger partial charge on any atom is -0.372 e. The van der Waals surface area contributed by atoms with Gasteiger partial charge in [-0.25, -0.2) is 0 Å². The first-order valence-corrected chi connectivity index (χ1v) is 4.15. The second-order valence-electron chi connectivity index (χ2n) is 3.02. The summed E-state index contributed by atoms with van der Waals surface area (Å²) in [5.41, 5.74) is 7.98. The van der Waals surface area contributed by atoms with E-state index in [2.05, 4.69) is 5.10 Å². The van der Waals surface area contributed by atoms with Gasteiger partial charge in [0.2, 0.25) is 0 Å². The average molecular weight is 167 g/mol. The topological polar surface area (TPSA) is 53.1 Å². The molecule has 1 aliphatic rings. The molecule has 66 valence electrons. The number of fused-ring (bicyclic) bond motifs is 1. The highest BCUT2D eigenvalue weighted by molar-refractivity contribution is 5.23. The lowest BCUT2D eigenvalue weighted by Crippen LogP contribution is -2.23. The monoisotopic (exact) mass is 167 g/mol. The number of hydrogen-bond donors (Lipinski definition) is 1. The molecule has 0 amide bonds. The number of aromatic nitrogens is 2. The van der Waals surface area contributed by atoms with Gasteiger partial charge in [-0.1, -0.05) is 0 Å². The molecule has 2 heterocycles. The molecule has 4 heteroatoms. The van der Waals surface area contributed by atoms with Crippen molar-refractivity contribution in [2.75, 3.05) is 13.2 Å². The van der Waals surface area contributed by atoms with E-state index in [9.17, 15) is 0 Å². The van der Waals surface area contributed by atoms with Crippen LogP contribution in [0.25, 0.3) is 0 Å². The second-order valence-corrected chi connectivity index (χ2v) is 3.02. The molecule has 0 saturated heterocycles. The Kier molecular flexibility index (Phi) is 1.86. The van der Waals surface area contributed by atoms with Crippen LogP contribution in [-0.4, -0.2) is 22.9 Å². The first-order chi connectivity index (χ1) is 5.83. The minimum absolute atomic E-state index is 0.0578. The molecule has 1 aromatic rings. The molecule has 4 nitrogen and oxygen atoms in total. The number of rotatable bonds is 1. The Bertz CT molecular complexity index is 282. The maximum Gasteiger partial charge on any atom is 0.0980 e. The first-order valence-electron chi connectivity index (χ1n) is 4.15. The first kappa shape index (κ1) is 7.76. The normalized spacial score (nSPS) is 22.3. The highest BCUT2D eigenvalue weighted by Gasteiger charge is 2.22. The molecule has 2 rings (SSSR count). The molecule has 1 atom stereocenters. The van der Waals surface area contributed by atoms with Crippen molar-refractivity contribution in [3.05, 3.63) is 17.5 Å². The standard InChI is InChI=1S/C8H13N3O/c1-11-7-2-3-12-8(4-9)6(7)5-10-11/h5,8H,2-4,9H2,1H3.